The summed E-state index contributed by atoms with van der Waals surface area (Å²) in [4.78, 5) is 13.3. The number of rotatable bonds is 8. The van der Waals surface area contributed by atoms with Crippen molar-refractivity contribution in [3.05, 3.63) is 70.3 Å². The van der Waals surface area contributed by atoms with Gasteiger partial charge in [0.15, 0.2) is 0 Å². The van der Waals surface area contributed by atoms with Crippen LogP contribution in [0.4, 0.5) is 0 Å². The number of aliphatic carboxylic acids is 1. The van der Waals surface area contributed by atoms with E-state index in [1.807, 2.05) is 0 Å². The van der Waals surface area contributed by atoms with Crippen molar-refractivity contribution in [3.8, 4) is 5.75 Å². The third kappa shape index (κ3) is 5.69. The Morgan fingerprint density at radius 3 is 2.68 bits per heavy atom. The number of carbonyl (C=O) groups is 1. The molecule has 31 heavy (non-hydrogen) atoms. The van der Waals surface area contributed by atoms with E-state index in [0.29, 0.717) is 13.1 Å². The molecule has 5 heteroatoms. The number of carboxylic acid groups (broad SMARTS) is 1. The number of likely N-dealkylation sites (tertiary alicyclic amines) is 1. The van der Waals surface area contributed by atoms with Gasteiger partial charge in [-0.2, -0.15) is 0 Å². The molecule has 2 aliphatic rings. The van der Waals surface area contributed by atoms with Gasteiger partial charge in [0, 0.05) is 19.6 Å². The molecule has 1 aliphatic carbocycles. The Bertz CT molecular complexity index is 963. The zero-order valence-electron chi connectivity index (χ0n) is 18.4. The van der Waals surface area contributed by atoms with Crippen LogP contribution in [-0.2, 0) is 17.6 Å². The highest BCUT2D eigenvalue weighted by Gasteiger charge is 2.33. The van der Waals surface area contributed by atoms with E-state index in [4.69, 9.17) is 9.84 Å². The minimum Gasteiger partial charge on any atom is -0.494 e. The summed E-state index contributed by atoms with van der Waals surface area (Å²) in [5.41, 5.74) is 8.15. The van der Waals surface area contributed by atoms with Gasteiger partial charge >= 0.3 is 5.97 Å². The summed E-state index contributed by atoms with van der Waals surface area (Å²) in [5, 5.41) is 9.06. The molecule has 1 N–H and O–H groups in total. The lowest BCUT2D eigenvalue weighted by atomic mass is 9.85. The lowest BCUT2D eigenvalue weighted by Crippen LogP contribution is -2.50. The largest absolute Gasteiger partial charge is 0.494 e. The summed E-state index contributed by atoms with van der Waals surface area (Å²) in [5.74, 6) is 0.103. The first kappa shape index (κ1) is 23.4. The molecule has 1 saturated heterocycles. The van der Waals surface area contributed by atoms with Crippen molar-refractivity contribution in [2.24, 2.45) is 5.92 Å². The molecule has 0 atom stereocenters. The molecule has 0 bridgehead atoms. The summed E-state index contributed by atoms with van der Waals surface area (Å²) in [6.07, 6.45) is 4.12. The molecule has 0 unspecified atom stereocenters. The van der Waals surface area contributed by atoms with Gasteiger partial charge < -0.3 is 9.84 Å². The fourth-order valence-electron chi connectivity index (χ4n) is 4.55. The Hall–Kier alpha value is -2.30. The smallest absolute Gasteiger partial charge is 0.309 e. The first-order valence-electron chi connectivity index (χ1n) is 10.9. The van der Waals surface area contributed by atoms with Crippen LogP contribution >= 0.6 is 12.4 Å². The van der Waals surface area contributed by atoms with Crippen LogP contribution in [0.1, 0.15) is 42.0 Å². The fraction of sp³-hybridized carbons (Fsp3) is 0.423. The second-order valence-corrected chi connectivity index (χ2v) is 8.72. The number of ether oxygens (including phenoxy) is 1. The van der Waals surface area contributed by atoms with Crippen molar-refractivity contribution in [2.45, 2.75) is 39.5 Å². The molecule has 4 rings (SSSR count). The molecule has 0 saturated carbocycles. The lowest BCUT2D eigenvalue weighted by Gasteiger charge is -2.38. The molecule has 0 aromatic heterocycles. The molecular weight excluding hydrogens is 410 g/mol. The summed E-state index contributed by atoms with van der Waals surface area (Å²) in [6, 6.07) is 15.1. The number of nitrogens with zero attached hydrogens (tertiary/aromatic N) is 1. The number of fused-ring (bicyclic) bond motifs is 1. The SMILES string of the molecule is CC1=C(CN2CC(C(=O)O)C2)CCc2cc(OCCCc3cccc(C)c3)ccc21.Cl. The Morgan fingerprint density at radius 2 is 1.94 bits per heavy atom. The molecule has 4 nitrogen and oxygen atoms in total. The highest BCUT2D eigenvalue weighted by atomic mass is 35.5. The Labute approximate surface area is 191 Å². The van der Waals surface area contributed by atoms with Gasteiger partial charge in [-0.25, -0.2) is 0 Å². The number of aryl methyl sites for hydroxylation is 3. The van der Waals surface area contributed by atoms with E-state index < -0.39 is 5.97 Å². The monoisotopic (exact) mass is 441 g/mol. The molecule has 1 fully saturated rings. The standard InChI is InChI=1S/C26H31NO3.ClH/c1-18-5-3-6-20(13-18)7-4-12-30-24-10-11-25-19(2)22(9-8-21(25)14-24)15-27-16-23(17-27)26(28)29;/h3,5-6,10-11,13-14,23H,4,7-9,12,15-17H2,1-2H3,(H,28,29);1H. The molecule has 0 amide bonds. The topological polar surface area (TPSA) is 49.8 Å². The van der Waals surface area contributed by atoms with Gasteiger partial charge in [0.1, 0.15) is 5.75 Å². The summed E-state index contributed by atoms with van der Waals surface area (Å²) in [7, 11) is 0. The van der Waals surface area contributed by atoms with Crippen molar-refractivity contribution in [1.82, 2.24) is 4.90 Å². The van der Waals surface area contributed by atoms with Crippen LogP contribution in [0.5, 0.6) is 5.75 Å². The molecule has 1 aliphatic heterocycles. The van der Waals surface area contributed by atoms with Crippen molar-refractivity contribution >= 4 is 23.9 Å². The third-order valence-electron chi connectivity index (χ3n) is 6.39. The Balaban J connectivity index is 0.00000272. The fourth-order valence-corrected chi connectivity index (χ4v) is 4.55. The Kier molecular flexibility index (Phi) is 7.79. The van der Waals surface area contributed by atoms with E-state index in [0.717, 1.165) is 44.6 Å². The Morgan fingerprint density at radius 1 is 1.13 bits per heavy atom. The second-order valence-electron chi connectivity index (χ2n) is 8.72. The first-order chi connectivity index (χ1) is 14.5. The van der Waals surface area contributed by atoms with Crippen LogP contribution in [0, 0.1) is 12.8 Å². The minimum absolute atomic E-state index is 0. The number of hydrogen-bond acceptors (Lipinski definition) is 3. The van der Waals surface area contributed by atoms with Gasteiger partial charge in [-0.1, -0.05) is 41.5 Å². The summed E-state index contributed by atoms with van der Waals surface area (Å²) < 4.78 is 6.03. The van der Waals surface area contributed by atoms with E-state index in [1.54, 1.807) is 0 Å². The maximum absolute atomic E-state index is 11.0. The van der Waals surface area contributed by atoms with Crippen LogP contribution < -0.4 is 4.74 Å². The van der Waals surface area contributed by atoms with Crippen LogP contribution in [0.3, 0.4) is 0 Å². The van der Waals surface area contributed by atoms with E-state index >= 15 is 0 Å². The maximum Gasteiger partial charge on any atom is 0.309 e. The van der Waals surface area contributed by atoms with Crippen LogP contribution in [0.15, 0.2) is 48.0 Å². The van der Waals surface area contributed by atoms with E-state index in [1.165, 1.54) is 33.4 Å². The lowest BCUT2D eigenvalue weighted by molar-refractivity contribution is -0.147. The molecule has 2 aromatic carbocycles. The van der Waals surface area contributed by atoms with Gasteiger partial charge in [0.25, 0.3) is 0 Å². The molecule has 1 heterocycles. The zero-order valence-corrected chi connectivity index (χ0v) is 19.2. The quantitative estimate of drug-likeness (QED) is 0.574. The zero-order chi connectivity index (χ0) is 21.1. The highest BCUT2D eigenvalue weighted by molar-refractivity contribution is 5.85. The van der Waals surface area contributed by atoms with Gasteiger partial charge in [0.2, 0.25) is 0 Å². The summed E-state index contributed by atoms with van der Waals surface area (Å²) >= 11 is 0. The van der Waals surface area contributed by atoms with E-state index in [2.05, 4.69) is 61.2 Å². The third-order valence-corrected chi connectivity index (χ3v) is 6.39. The van der Waals surface area contributed by atoms with Crippen molar-refractivity contribution < 1.29 is 14.6 Å². The van der Waals surface area contributed by atoms with Gasteiger partial charge in [-0.3, -0.25) is 9.69 Å². The van der Waals surface area contributed by atoms with Gasteiger partial charge in [-0.15, -0.1) is 12.4 Å². The average Bonchev–Trinajstić information content (AvgIpc) is 2.69. The van der Waals surface area contributed by atoms with Crippen LogP contribution in [0.2, 0.25) is 0 Å². The molecule has 2 aromatic rings. The van der Waals surface area contributed by atoms with Crippen molar-refractivity contribution in [3.63, 3.8) is 0 Å². The number of halogens is 1. The van der Waals surface area contributed by atoms with Crippen molar-refractivity contribution in [2.75, 3.05) is 26.2 Å². The minimum atomic E-state index is -0.669. The van der Waals surface area contributed by atoms with Crippen molar-refractivity contribution in [1.29, 1.82) is 0 Å². The highest BCUT2D eigenvalue weighted by Crippen LogP contribution is 2.34. The first-order valence-corrected chi connectivity index (χ1v) is 10.9. The molecular formula is C26H32ClNO3. The van der Waals surface area contributed by atoms with Gasteiger partial charge in [-0.05, 0) is 73.9 Å². The number of carboxylic acids is 1. The number of benzene rings is 2. The normalized spacial score (nSPS) is 16.3. The number of allylic oxidation sites excluding steroid dienone is 1. The number of hydrogen-bond donors (Lipinski definition) is 1. The average molecular weight is 442 g/mol. The van der Waals surface area contributed by atoms with Crippen LogP contribution in [0.25, 0.3) is 5.57 Å². The predicted molar refractivity (Wildman–Crippen MR) is 127 cm³/mol. The van der Waals surface area contributed by atoms with Gasteiger partial charge in [0.05, 0.1) is 12.5 Å². The molecule has 0 spiro atoms. The maximum atomic E-state index is 11.0. The second kappa shape index (κ2) is 10.3. The molecule has 166 valence electrons. The van der Waals surface area contributed by atoms with E-state index in [9.17, 15) is 4.79 Å². The predicted octanol–water partition coefficient (Wildman–Crippen LogP) is 5.16. The molecule has 0 radical (unpaired) electrons. The van der Waals surface area contributed by atoms with Crippen LogP contribution in [-0.4, -0.2) is 42.2 Å². The van der Waals surface area contributed by atoms with E-state index in [-0.39, 0.29) is 18.3 Å². The summed E-state index contributed by atoms with van der Waals surface area (Å²) in [6.45, 7) is 7.30.